The van der Waals surface area contributed by atoms with Gasteiger partial charge in [-0.25, -0.2) is 4.68 Å². The van der Waals surface area contributed by atoms with Crippen LogP contribution in [-0.2, 0) is 13.0 Å². The van der Waals surface area contributed by atoms with Crippen molar-refractivity contribution < 1.29 is 9.59 Å². The summed E-state index contributed by atoms with van der Waals surface area (Å²) in [5, 5.41) is 7.37. The molecule has 0 aliphatic rings. The Labute approximate surface area is 171 Å². The second-order valence-electron chi connectivity index (χ2n) is 7.19. The van der Waals surface area contributed by atoms with Crippen molar-refractivity contribution >= 4 is 11.8 Å². The Balaban J connectivity index is 1.76. The van der Waals surface area contributed by atoms with Gasteiger partial charge in [0, 0.05) is 26.2 Å². The molecule has 0 spiro atoms. The molecule has 1 heterocycles. The van der Waals surface area contributed by atoms with Crippen molar-refractivity contribution in [3.8, 4) is 5.69 Å². The number of nitrogens with one attached hydrogen (secondary N) is 1. The molecule has 0 radical (unpaired) electrons. The number of aryl methyl sites for hydroxylation is 1. The molecule has 29 heavy (non-hydrogen) atoms. The highest BCUT2D eigenvalue weighted by molar-refractivity contribution is 5.95. The van der Waals surface area contributed by atoms with Crippen molar-refractivity contribution in [3.63, 3.8) is 0 Å². The number of aromatic nitrogens is 2. The molecule has 0 aliphatic heterocycles. The Hall–Kier alpha value is -3.41. The minimum Gasteiger partial charge on any atom is -0.348 e. The highest BCUT2D eigenvalue weighted by Gasteiger charge is 2.17. The summed E-state index contributed by atoms with van der Waals surface area (Å²) in [5.41, 5.74) is 5.00. The highest BCUT2D eigenvalue weighted by atomic mass is 16.2. The zero-order valence-electron chi connectivity index (χ0n) is 17.3. The van der Waals surface area contributed by atoms with Crippen molar-refractivity contribution in [1.82, 2.24) is 20.0 Å². The topological polar surface area (TPSA) is 67.2 Å². The summed E-state index contributed by atoms with van der Waals surface area (Å²) >= 11 is 0. The molecular formula is C23H26N4O2. The highest BCUT2D eigenvalue weighted by Crippen LogP contribution is 2.17. The molecule has 0 fully saturated rings. The summed E-state index contributed by atoms with van der Waals surface area (Å²) in [7, 11) is 3.43. The first kappa shape index (κ1) is 20.3. The number of carbonyl (C=O) groups is 2. The van der Waals surface area contributed by atoms with Crippen LogP contribution in [-0.4, -0.2) is 40.6 Å². The number of carbonyl (C=O) groups excluding carboxylic acids is 2. The zero-order chi connectivity index (χ0) is 21.0. The van der Waals surface area contributed by atoms with Crippen molar-refractivity contribution in [2.75, 3.05) is 14.1 Å². The maximum absolute atomic E-state index is 12.8. The van der Waals surface area contributed by atoms with Crippen LogP contribution in [0.15, 0.2) is 54.7 Å². The van der Waals surface area contributed by atoms with Gasteiger partial charge in [0.2, 0.25) is 0 Å². The van der Waals surface area contributed by atoms with E-state index in [1.54, 1.807) is 32.4 Å². The lowest BCUT2D eigenvalue weighted by Crippen LogP contribution is -2.24. The summed E-state index contributed by atoms with van der Waals surface area (Å²) < 4.78 is 1.81. The van der Waals surface area contributed by atoms with Crippen molar-refractivity contribution in [1.29, 1.82) is 0 Å². The fourth-order valence-electron chi connectivity index (χ4n) is 3.16. The fourth-order valence-corrected chi connectivity index (χ4v) is 3.16. The monoisotopic (exact) mass is 390 g/mol. The molecule has 0 unspecified atom stereocenters. The van der Waals surface area contributed by atoms with E-state index < -0.39 is 0 Å². The van der Waals surface area contributed by atoms with Gasteiger partial charge in [-0.3, -0.25) is 9.59 Å². The van der Waals surface area contributed by atoms with Gasteiger partial charge in [-0.15, -0.1) is 0 Å². The van der Waals surface area contributed by atoms with Crippen LogP contribution >= 0.6 is 0 Å². The summed E-state index contributed by atoms with van der Waals surface area (Å²) in [6.07, 6.45) is 2.30. The number of rotatable bonds is 6. The van der Waals surface area contributed by atoms with Gasteiger partial charge >= 0.3 is 0 Å². The molecular weight excluding hydrogens is 364 g/mol. The largest absolute Gasteiger partial charge is 0.348 e. The van der Waals surface area contributed by atoms with Crippen molar-refractivity contribution in [2.24, 2.45) is 0 Å². The van der Waals surface area contributed by atoms with Gasteiger partial charge in [0.25, 0.3) is 11.8 Å². The van der Waals surface area contributed by atoms with Gasteiger partial charge in [0.1, 0.15) is 0 Å². The molecule has 0 bridgehead atoms. The van der Waals surface area contributed by atoms with Crippen LogP contribution in [0.1, 0.15) is 44.5 Å². The lowest BCUT2D eigenvalue weighted by Gasteiger charge is -2.12. The number of benzene rings is 2. The molecule has 1 N–H and O–H groups in total. The van der Waals surface area contributed by atoms with Crippen molar-refractivity contribution in [2.45, 2.75) is 26.8 Å². The maximum atomic E-state index is 12.8. The standard InChI is InChI=1S/C23H26N4O2/c1-5-21-20(15-25-27(21)19-11-9-16(2)10-12-19)22(28)24-14-17-7-6-8-18(13-17)23(29)26(3)4/h6-13,15H,5,14H2,1-4H3,(H,24,28). The fraction of sp³-hybridized carbons (Fsp3) is 0.261. The number of nitrogens with zero attached hydrogens (tertiary/aromatic N) is 3. The summed E-state index contributed by atoms with van der Waals surface area (Å²) in [5.74, 6) is -0.240. The van der Waals surface area contributed by atoms with Crippen LogP contribution in [0.25, 0.3) is 5.69 Å². The Kier molecular flexibility index (Phi) is 6.12. The predicted octanol–water partition coefficient (Wildman–Crippen LogP) is 3.37. The second kappa shape index (κ2) is 8.73. The van der Waals surface area contributed by atoms with Gasteiger partial charge < -0.3 is 10.2 Å². The van der Waals surface area contributed by atoms with Crippen LogP contribution in [0.2, 0.25) is 0 Å². The van der Waals surface area contributed by atoms with E-state index in [1.165, 1.54) is 10.5 Å². The number of hydrogen-bond donors (Lipinski definition) is 1. The minimum absolute atomic E-state index is 0.0641. The smallest absolute Gasteiger partial charge is 0.255 e. The summed E-state index contributed by atoms with van der Waals surface area (Å²) in [6.45, 7) is 4.38. The molecule has 0 saturated carbocycles. The van der Waals surface area contributed by atoms with E-state index in [1.807, 2.05) is 54.9 Å². The maximum Gasteiger partial charge on any atom is 0.255 e. The SMILES string of the molecule is CCc1c(C(=O)NCc2cccc(C(=O)N(C)C)c2)cnn1-c1ccc(C)cc1. The van der Waals surface area contributed by atoms with Crippen LogP contribution in [0.5, 0.6) is 0 Å². The Bertz CT molecular complexity index is 1020. The van der Waals surface area contributed by atoms with E-state index in [0.29, 0.717) is 24.1 Å². The first-order chi connectivity index (χ1) is 13.9. The molecule has 6 heteroatoms. The Morgan fingerprint density at radius 2 is 1.83 bits per heavy atom. The van der Waals surface area contributed by atoms with E-state index in [4.69, 9.17) is 0 Å². The van der Waals surface area contributed by atoms with E-state index >= 15 is 0 Å². The molecule has 3 rings (SSSR count). The third-order valence-electron chi connectivity index (χ3n) is 4.76. The van der Waals surface area contributed by atoms with Gasteiger partial charge in [0.05, 0.1) is 23.1 Å². The number of hydrogen-bond acceptors (Lipinski definition) is 3. The first-order valence-electron chi connectivity index (χ1n) is 9.63. The van der Waals surface area contributed by atoms with Crippen molar-refractivity contribution in [3.05, 3.63) is 82.7 Å². The Morgan fingerprint density at radius 1 is 1.10 bits per heavy atom. The average molecular weight is 390 g/mol. The lowest BCUT2D eigenvalue weighted by molar-refractivity contribution is 0.0827. The van der Waals surface area contributed by atoms with E-state index in [9.17, 15) is 9.59 Å². The quantitative estimate of drug-likeness (QED) is 0.702. The molecule has 150 valence electrons. The molecule has 1 aromatic heterocycles. The van der Waals surface area contributed by atoms with Gasteiger partial charge in [0.15, 0.2) is 0 Å². The summed E-state index contributed by atoms with van der Waals surface area (Å²) in [6, 6.07) is 15.3. The molecule has 6 nitrogen and oxygen atoms in total. The third kappa shape index (κ3) is 4.54. The van der Waals surface area contributed by atoms with Crippen LogP contribution in [0, 0.1) is 6.92 Å². The molecule has 0 aliphatic carbocycles. The predicted molar refractivity (Wildman–Crippen MR) is 113 cm³/mol. The van der Waals surface area contributed by atoms with E-state index in [2.05, 4.69) is 10.4 Å². The van der Waals surface area contributed by atoms with E-state index in [-0.39, 0.29) is 11.8 Å². The van der Waals surface area contributed by atoms with Crippen LogP contribution in [0.4, 0.5) is 0 Å². The number of amides is 2. The zero-order valence-corrected chi connectivity index (χ0v) is 17.3. The van der Waals surface area contributed by atoms with Gasteiger partial charge in [-0.2, -0.15) is 5.10 Å². The molecule has 0 atom stereocenters. The molecule has 3 aromatic rings. The lowest BCUT2D eigenvalue weighted by atomic mass is 10.1. The van der Waals surface area contributed by atoms with Crippen LogP contribution < -0.4 is 5.32 Å². The van der Waals surface area contributed by atoms with Gasteiger partial charge in [-0.05, 0) is 43.2 Å². The second-order valence-corrected chi connectivity index (χ2v) is 7.19. The normalized spacial score (nSPS) is 10.6. The Morgan fingerprint density at radius 3 is 2.48 bits per heavy atom. The minimum atomic E-state index is -0.176. The molecule has 0 saturated heterocycles. The van der Waals surface area contributed by atoms with Gasteiger partial charge in [-0.1, -0.05) is 36.8 Å². The third-order valence-corrected chi connectivity index (χ3v) is 4.76. The molecule has 2 aromatic carbocycles. The average Bonchev–Trinajstić information content (AvgIpc) is 3.16. The summed E-state index contributed by atoms with van der Waals surface area (Å²) in [4.78, 5) is 26.4. The van der Waals surface area contributed by atoms with Crippen LogP contribution in [0.3, 0.4) is 0 Å². The molecule has 2 amide bonds. The van der Waals surface area contributed by atoms with E-state index in [0.717, 1.165) is 16.9 Å². The first-order valence-corrected chi connectivity index (χ1v) is 9.63.